The van der Waals surface area contributed by atoms with Crippen LogP contribution in [0.5, 0.6) is 0 Å². The number of ether oxygens (including phenoxy) is 3. The van der Waals surface area contributed by atoms with E-state index >= 15 is 0 Å². The second kappa shape index (κ2) is 9.46. The Morgan fingerprint density at radius 3 is 2.47 bits per heavy atom. The molecule has 0 spiro atoms. The third-order valence-corrected chi connectivity index (χ3v) is 3.68. The molecule has 1 heterocycles. The van der Waals surface area contributed by atoms with Crippen LogP contribution in [0.15, 0.2) is 17.1 Å². The van der Waals surface area contributed by atoms with Crippen molar-refractivity contribution in [3.8, 4) is 0 Å². The van der Waals surface area contributed by atoms with E-state index < -0.39 is 0 Å². The van der Waals surface area contributed by atoms with Crippen molar-refractivity contribution in [2.24, 2.45) is 0 Å². The molecule has 0 aliphatic rings. The molecule has 1 aromatic rings. The molecule has 0 N–H and O–H groups in total. The molecule has 0 saturated carbocycles. The van der Waals surface area contributed by atoms with Gasteiger partial charge in [0, 0.05) is 29.5 Å². The fourth-order valence-corrected chi connectivity index (χ4v) is 1.93. The van der Waals surface area contributed by atoms with E-state index in [-0.39, 0.29) is 5.56 Å². The highest BCUT2D eigenvalue weighted by Crippen LogP contribution is 2.07. The Kier molecular flexibility index (Phi) is 8.27. The zero-order chi connectivity index (χ0) is 14.1. The first-order valence-corrected chi connectivity index (χ1v) is 7.24. The van der Waals surface area contributed by atoms with Crippen LogP contribution in [0.3, 0.4) is 0 Å². The summed E-state index contributed by atoms with van der Waals surface area (Å²) in [6.45, 7) is 5.25. The van der Waals surface area contributed by atoms with Crippen molar-refractivity contribution >= 4 is 22.6 Å². The predicted octanol–water partition coefficient (Wildman–Crippen LogP) is 1.44. The Bertz CT molecular complexity index is 433. The second-order valence-electron chi connectivity index (χ2n) is 4.05. The lowest BCUT2D eigenvalue weighted by atomic mass is 10.3. The minimum Gasteiger partial charge on any atom is -0.382 e. The maximum Gasteiger partial charge on any atom is 0.250 e. The van der Waals surface area contributed by atoms with Gasteiger partial charge in [-0.1, -0.05) is 0 Å². The number of aromatic nitrogens is 1. The fraction of sp³-hybridized carbons (Fsp3) is 0.615. The summed E-state index contributed by atoms with van der Waals surface area (Å²) >= 11 is 2.22. The molecule has 1 aromatic heterocycles. The van der Waals surface area contributed by atoms with E-state index in [1.807, 2.05) is 13.1 Å². The van der Waals surface area contributed by atoms with Gasteiger partial charge in [0.2, 0.25) is 0 Å². The lowest BCUT2D eigenvalue weighted by Gasteiger charge is -2.09. The summed E-state index contributed by atoms with van der Waals surface area (Å²) in [7, 11) is 1.64. The Morgan fingerprint density at radius 1 is 1.16 bits per heavy atom. The zero-order valence-corrected chi connectivity index (χ0v) is 13.5. The standard InChI is InChI=1S/C13H20INO4/c1-11-9-13(16)15(10-12(11)14)3-4-18-7-8-19-6-5-17-2/h9-10H,3-8H2,1-2H3. The van der Waals surface area contributed by atoms with Gasteiger partial charge in [-0.2, -0.15) is 0 Å². The molecule has 0 aromatic carbocycles. The summed E-state index contributed by atoms with van der Waals surface area (Å²) < 4.78 is 18.3. The average molecular weight is 381 g/mol. The summed E-state index contributed by atoms with van der Waals surface area (Å²) in [6, 6.07) is 1.65. The van der Waals surface area contributed by atoms with Crippen LogP contribution in [0.1, 0.15) is 5.56 Å². The van der Waals surface area contributed by atoms with Gasteiger partial charge in [-0.05, 0) is 35.1 Å². The van der Waals surface area contributed by atoms with Crippen LogP contribution < -0.4 is 5.56 Å². The van der Waals surface area contributed by atoms with Crippen molar-refractivity contribution in [2.75, 3.05) is 40.1 Å². The molecule has 0 atom stereocenters. The van der Waals surface area contributed by atoms with Crippen LogP contribution in [0.4, 0.5) is 0 Å². The molecule has 0 unspecified atom stereocenters. The van der Waals surface area contributed by atoms with Crippen molar-refractivity contribution in [1.29, 1.82) is 0 Å². The molecule has 6 heteroatoms. The quantitative estimate of drug-likeness (QED) is 0.480. The molecule has 0 bridgehead atoms. The number of halogens is 1. The first-order valence-electron chi connectivity index (χ1n) is 6.16. The first kappa shape index (κ1) is 16.6. The van der Waals surface area contributed by atoms with Crippen molar-refractivity contribution in [3.63, 3.8) is 0 Å². The molecule has 0 aliphatic heterocycles. The molecular weight excluding hydrogens is 361 g/mol. The number of rotatable bonds is 9. The van der Waals surface area contributed by atoms with Crippen LogP contribution in [0, 0.1) is 10.5 Å². The maximum atomic E-state index is 11.7. The van der Waals surface area contributed by atoms with Crippen molar-refractivity contribution in [3.05, 3.63) is 31.8 Å². The monoisotopic (exact) mass is 381 g/mol. The number of pyridine rings is 1. The number of hydrogen-bond acceptors (Lipinski definition) is 4. The molecule has 0 aliphatic carbocycles. The average Bonchev–Trinajstić information content (AvgIpc) is 2.38. The first-order chi connectivity index (χ1) is 9.15. The van der Waals surface area contributed by atoms with Gasteiger partial charge in [0.05, 0.1) is 33.0 Å². The smallest absolute Gasteiger partial charge is 0.250 e. The largest absolute Gasteiger partial charge is 0.382 e. The lowest BCUT2D eigenvalue weighted by Crippen LogP contribution is -2.22. The zero-order valence-electron chi connectivity index (χ0n) is 11.4. The topological polar surface area (TPSA) is 49.7 Å². The molecule has 0 fully saturated rings. The van der Waals surface area contributed by atoms with Crippen molar-refractivity contribution < 1.29 is 14.2 Å². The molecule has 0 radical (unpaired) electrons. The van der Waals surface area contributed by atoms with E-state index in [4.69, 9.17) is 14.2 Å². The molecule has 0 saturated heterocycles. The van der Waals surface area contributed by atoms with Crippen molar-refractivity contribution in [1.82, 2.24) is 4.57 Å². The van der Waals surface area contributed by atoms with Gasteiger partial charge in [-0.15, -0.1) is 0 Å². The minimum atomic E-state index is 0.0119. The third kappa shape index (κ3) is 6.51. The van der Waals surface area contributed by atoms with E-state index in [0.717, 1.165) is 9.13 Å². The summed E-state index contributed by atoms with van der Waals surface area (Å²) in [6.07, 6.45) is 1.86. The molecule has 0 amide bonds. The second-order valence-corrected chi connectivity index (χ2v) is 5.22. The highest BCUT2D eigenvalue weighted by molar-refractivity contribution is 14.1. The Labute approximate surface area is 127 Å². The molecular formula is C13H20INO4. The van der Waals surface area contributed by atoms with Gasteiger partial charge >= 0.3 is 0 Å². The van der Waals surface area contributed by atoms with Gasteiger partial charge in [0.15, 0.2) is 0 Å². The van der Waals surface area contributed by atoms with E-state index in [2.05, 4.69) is 22.6 Å². The lowest BCUT2D eigenvalue weighted by molar-refractivity contribution is 0.0229. The van der Waals surface area contributed by atoms with Crippen LogP contribution >= 0.6 is 22.6 Å². The predicted molar refractivity (Wildman–Crippen MR) is 81.7 cm³/mol. The van der Waals surface area contributed by atoms with Gasteiger partial charge in [0.1, 0.15) is 0 Å². The van der Waals surface area contributed by atoms with Gasteiger partial charge in [0.25, 0.3) is 5.56 Å². The summed E-state index contributed by atoms with van der Waals surface area (Å²) in [5.41, 5.74) is 1.02. The highest BCUT2D eigenvalue weighted by atomic mass is 127. The number of methoxy groups -OCH3 is 1. The summed E-state index contributed by atoms with van der Waals surface area (Å²) in [5.74, 6) is 0. The summed E-state index contributed by atoms with van der Waals surface area (Å²) in [4.78, 5) is 11.7. The normalized spacial score (nSPS) is 10.9. The molecule has 108 valence electrons. The highest BCUT2D eigenvalue weighted by Gasteiger charge is 2.00. The van der Waals surface area contributed by atoms with Gasteiger partial charge in [-0.25, -0.2) is 0 Å². The van der Waals surface area contributed by atoms with E-state index in [9.17, 15) is 4.79 Å². The van der Waals surface area contributed by atoms with Crippen LogP contribution in [-0.4, -0.2) is 44.7 Å². The van der Waals surface area contributed by atoms with Crippen LogP contribution in [-0.2, 0) is 20.8 Å². The number of hydrogen-bond donors (Lipinski definition) is 0. The Hall–Kier alpha value is -0.440. The Morgan fingerprint density at radius 2 is 1.79 bits per heavy atom. The Balaban J connectivity index is 2.19. The number of aryl methyl sites for hydroxylation is 1. The molecule has 5 nitrogen and oxygen atoms in total. The SMILES string of the molecule is COCCOCCOCCn1cc(I)c(C)cc1=O. The molecule has 19 heavy (non-hydrogen) atoms. The van der Waals surface area contributed by atoms with Gasteiger partial charge in [-0.3, -0.25) is 4.79 Å². The van der Waals surface area contributed by atoms with E-state index in [1.54, 1.807) is 17.7 Å². The van der Waals surface area contributed by atoms with Crippen LogP contribution in [0.2, 0.25) is 0 Å². The van der Waals surface area contributed by atoms with Gasteiger partial charge < -0.3 is 18.8 Å². The van der Waals surface area contributed by atoms with E-state index in [1.165, 1.54) is 0 Å². The molecule has 1 rings (SSSR count). The van der Waals surface area contributed by atoms with Crippen molar-refractivity contribution in [2.45, 2.75) is 13.5 Å². The van der Waals surface area contributed by atoms with Crippen LogP contribution in [0.25, 0.3) is 0 Å². The number of nitrogens with zero attached hydrogens (tertiary/aromatic N) is 1. The minimum absolute atomic E-state index is 0.0119. The third-order valence-electron chi connectivity index (χ3n) is 2.55. The maximum absolute atomic E-state index is 11.7. The van der Waals surface area contributed by atoms with E-state index in [0.29, 0.717) is 39.6 Å². The summed E-state index contributed by atoms with van der Waals surface area (Å²) in [5, 5.41) is 0. The fourth-order valence-electron chi connectivity index (χ4n) is 1.44.